The van der Waals surface area contributed by atoms with Crippen LogP contribution in [0.15, 0.2) is 24.3 Å². The highest BCUT2D eigenvalue weighted by Crippen LogP contribution is 2.24. The maximum absolute atomic E-state index is 3.54. The fourth-order valence-corrected chi connectivity index (χ4v) is 2.10. The molecule has 71 valence electrons. The molecule has 1 aromatic rings. The van der Waals surface area contributed by atoms with Gasteiger partial charge in [-0.1, -0.05) is 40.2 Å². The number of aryl methyl sites for hydroxylation is 1. The molecule has 0 aliphatic carbocycles. The summed E-state index contributed by atoms with van der Waals surface area (Å²) >= 11 is 5.43. The molecule has 0 amide bonds. The topological polar surface area (TPSA) is 0 Å². The molecule has 0 nitrogen and oxygen atoms in total. The Balaban J connectivity index is 2.78. The Morgan fingerprint density at radius 3 is 2.69 bits per heavy atom. The maximum Gasteiger partial charge on any atom is 0.0671 e. The van der Waals surface area contributed by atoms with E-state index in [0.29, 0.717) is 0 Å². The molecule has 0 bridgehead atoms. The van der Waals surface area contributed by atoms with Gasteiger partial charge in [-0.05, 0) is 36.5 Å². The van der Waals surface area contributed by atoms with Crippen molar-refractivity contribution in [2.24, 2.45) is 0 Å². The van der Waals surface area contributed by atoms with Crippen LogP contribution in [0.3, 0.4) is 0 Å². The van der Waals surface area contributed by atoms with Crippen molar-refractivity contribution in [2.75, 3.05) is 12.0 Å². The molecule has 0 N–H and O–H groups in total. The van der Waals surface area contributed by atoms with Crippen molar-refractivity contribution in [3.8, 4) is 0 Å². The molecule has 0 aromatic heterocycles. The Morgan fingerprint density at radius 2 is 2.08 bits per heavy atom. The molecule has 0 spiro atoms. The van der Waals surface area contributed by atoms with Crippen molar-refractivity contribution in [1.82, 2.24) is 0 Å². The van der Waals surface area contributed by atoms with Crippen LogP contribution >= 0.6 is 27.7 Å². The van der Waals surface area contributed by atoms with Crippen LogP contribution < -0.4 is 0 Å². The number of hydrogen-bond acceptors (Lipinski definition) is 1. The summed E-state index contributed by atoms with van der Waals surface area (Å²) in [5, 5.41) is 0. The highest BCUT2D eigenvalue weighted by atomic mass is 79.9. The molecular formula is C11H14BrS. The third-order valence-corrected chi connectivity index (χ3v) is 3.00. The minimum atomic E-state index is 1.15. The van der Waals surface area contributed by atoms with Crippen molar-refractivity contribution < 1.29 is 0 Å². The van der Waals surface area contributed by atoms with E-state index in [9.17, 15) is 0 Å². The Labute approximate surface area is 93.2 Å². The van der Waals surface area contributed by atoms with Crippen LogP contribution in [0.25, 0.3) is 0 Å². The second-order valence-electron chi connectivity index (χ2n) is 2.93. The van der Waals surface area contributed by atoms with E-state index in [2.05, 4.69) is 53.4 Å². The summed E-state index contributed by atoms with van der Waals surface area (Å²) in [5.41, 5.74) is 2.78. The molecule has 0 unspecified atom stereocenters. The zero-order valence-electron chi connectivity index (χ0n) is 8.01. The standard InChI is InChI=1S/C11H14BrS/c1-9(12)11-6-4-3-5-10(11)7-8-13-2/h3-6H,7-8H2,1-2H3. The molecule has 0 aliphatic rings. The van der Waals surface area contributed by atoms with E-state index in [-0.39, 0.29) is 0 Å². The summed E-state index contributed by atoms with van der Waals surface area (Å²) in [6, 6.07) is 8.56. The lowest BCUT2D eigenvalue weighted by molar-refractivity contribution is 1.12. The molecule has 0 saturated heterocycles. The number of thioether (sulfide) groups is 1. The smallest absolute Gasteiger partial charge is 0.0671 e. The van der Waals surface area contributed by atoms with Crippen molar-refractivity contribution in [2.45, 2.75) is 13.3 Å². The number of halogens is 1. The number of hydrogen-bond donors (Lipinski definition) is 0. The lowest BCUT2D eigenvalue weighted by Crippen LogP contribution is -1.96. The van der Waals surface area contributed by atoms with Gasteiger partial charge in [-0.25, -0.2) is 0 Å². The van der Waals surface area contributed by atoms with E-state index in [0.717, 1.165) is 6.42 Å². The van der Waals surface area contributed by atoms with Gasteiger partial charge in [0, 0.05) is 0 Å². The number of rotatable bonds is 4. The average Bonchev–Trinajstić information content (AvgIpc) is 2.15. The van der Waals surface area contributed by atoms with E-state index < -0.39 is 0 Å². The summed E-state index contributed by atoms with van der Waals surface area (Å²) in [4.78, 5) is 1.23. The van der Waals surface area contributed by atoms with Crippen molar-refractivity contribution in [3.05, 3.63) is 40.2 Å². The minimum Gasteiger partial charge on any atom is -0.165 e. The summed E-state index contributed by atoms with van der Waals surface area (Å²) in [6.45, 7) is 2.10. The summed E-state index contributed by atoms with van der Waals surface area (Å²) in [7, 11) is 0. The predicted octanol–water partition coefficient (Wildman–Crippen LogP) is 3.89. The summed E-state index contributed by atoms with van der Waals surface area (Å²) in [6.07, 6.45) is 3.30. The van der Waals surface area contributed by atoms with Crippen LogP contribution in [0.4, 0.5) is 0 Å². The van der Waals surface area contributed by atoms with Crippen molar-refractivity contribution in [3.63, 3.8) is 0 Å². The SMILES string of the molecule is CSCCc1ccccc1[C](C)Br. The van der Waals surface area contributed by atoms with Gasteiger partial charge in [0.05, 0.1) is 4.83 Å². The van der Waals surface area contributed by atoms with Gasteiger partial charge in [0.1, 0.15) is 0 Å². The van der Waals surface area contributed by atoms with Crippen LogP contribution in [0.5, 0.6) is 0 Å². The molecule has 0 aliphatic heterocycles. The molecule has 0 atom stereocenters. The van der Waals surface area contributed by atoms with Gasteiger partial charge in [-0.3, -0.25) is 0 Å². The zero-order chi connectivity index (χ0) is 9.68. The van der Waals surface area contributed by atoms with E-state index in [1.54, 1.807) is 0 Å². The van der Waals surface area contributed by atoms with Gasteiger partial charge in [0.2, 0.25) is 0 Å². The molecule has 1 aromatic carbocycles. The zero-order valence-corrected chi connectivity index (χ0v) is 10.4. The molecular weight excluding hydrogens is 244 g/mol. The molecule has 13 heavy (non-hydrogen) atoms. The van der Waals surface area contributed by atoms with Gasteiger partial charge >= 0.3 is 0 Å². The van der Waals surface area contributed by atoms with E-state index in [1.807, 2.05) is 11.8 Å². The largest absolute Gasteiger partial charge is 0.165 e. The van der Waals surface area contributed by atoms with Crippen LogP contribution in [0.2, 0.25) is 0 Å². The first kappa shape index (κ1) is 11.1. The maximum atomic E-state index is 3.54. The normalized spacial score (nSPS) is 10.8. The second kappa shape index (κ2) is 5.71. The van der Waals surface area contributed by atoms with Gasteiger partial charge in [0.15, 0.2) is 0 Å². The van der Waals surface area contributed by atoms with Gasteiger partial charge in [-0.15, -0.1) is 0 Å². The Bertz CT molecular complexity index is 258. The first-order chi connectivity index (χ1) is 6.25. The van der Waals surface area contributed by atoms with Crippen LogP contribution in [-0.2, 0) is 6.42 Å². The fraction of sp³-hybridized carbons (Fsp3) is 0.364. The quantitative estimate of drug-likeness (QED) is 0.789. The average molecular weight is 258 g/mol. The first-order valence-electron chi connectivity index (χ1n) is 4.32. The number of benzene rings is 1. The molecule has 0 heterocycles. The minimum absolute atomic E-state index is 1.15. The van der Waals surface area contributed by atoms with E-state index in [1.165, 1.54) is 21.7 Å². The van der Waals surface area contributed by atoms with Crippen molar-refractivity contribution >= 4 is 27.7 Å². The predicted molar refractivity (Wildman–Crippen MR) is 65.5 cm³/mol. The van der Waals surface area contributed by atoms with Crippen molar-refractivity contribution in [1.29, 1.82) is 0 Å². The monoisotopic (exact) mass is 257 g/mol. The third-order valence-electron chi connectivity index (χ3n) is 1.96. The lowest BCUT2D eigenvalue weighted by Gasteiger charge is -2.09. The van der Waals surface area contributed by atoms with Crippen LogP contribution in [-0.4, -0.2) is 12.0 Å². The van der Waals surface area contributed by atoms with Gasteiger partial charge in [-0.2, -0.15) is 11.8 Å². The fourth-order valence-electron chi connectivity index (χ4n) is 1.29. The van der Waals surface area contributed by atoms with Gasteiger partial charge in [0.25, 0.3) is 0 Å². The van der Waals surface area contributed by atoms with E-state index >= 15 is 0 Å². The molecule has 1 rings (SSSR count). The highest BCUT2D eigenvalue weighted by molar-refractivity contribution is 9.11. The molecule has 2 heteroatoms. The Hall–Kier alpha value is 0.0500. The molecule has 1 radical (unpaired) electrons. The highest BCUT2D eigenvalue weighted by Gasteiger charge is 2.06. The molecule has 0 saturated carbocycles. The van der Waals surface area contributed by atoms with Crippen LogP contribution in [0.1, 0.15) is 18.1 Å². The Kier molecular flexibility index (Phi) is 4.89. The Morgan fingerprint density at radius 1 is 1.38 bits per heavy atom. The molecule has 0 fully saturated rings. The lowest BCUT2D eigenvalue weighted by atomic mass is 10.0. The third kappa shape index (κ3) is 3.35. The summed E-state index contributed by atoms with van der Waals surface area (Å²) < 4.78 is 0. The van der Waals surface area contributed by atoms with E-state index in [4.69, 9.17) is 0 Å². The van der Waals surface area contributed by atoms with Crippen LogP contribution in [0, 0.1) is 4.83 Å². The second-order valence-corrected chi connectivity index (χ2v) is 5.11. The first-order valence-corrected chi connectivity index (χ1v) is 6.50. The van der Waals surface area contributed by atoms with Gasteiger partial charge < -0.3 is 0 Å². The summed E-state index contributed by atoms with van der Waals surface area (Å²) in [5.74, 6) is 1.19.